The van der Waals surface area contributed by atoms with Crippen LogP contribution >= 0.6 is 0 Å². The van der Waals surface area contributed by atoms with Crippen molar-refractivity contribution in [1.29, 1.82) is 0 Å². The van der Waals surface area contributed by atoms with Crippen LogP contribution in [-0.4, -0.2) is 26.3 Å². The van der Waals surface area contributed by atoms with Crippen molar-refractivity contribution in [2.24, 2.45) is 0 Å². The summed E-state index contributed by atoms with van der Waals surface area (Å²) < 4.78 is 1.80. The molecule has 6 nitrogen and oxygen atoms in total. The summed E-state index contributed by atoms with van der Waals surface area (Å²) in [5, 5.41) is 11.0. The van der Waals surface area contributed by atoms with Crippen molar-refractivity contribution in [2.75, 3.05) is 17.2 Å². The van der Waals surface area contributed by atoms with E-state index in [2.05, 4.69) is 56.0 Å². The smallest absolute Gasteiger partial charge is 0.137 e. The summed E-state index contributed by atoms with van der Waals surface area (Å²) in [4.78, 5) is 8.56. The highest BCUT2D eigenvalue weighted by Gasteiger charge is 2.08. The van der Waals surface area contributed by atoms with Gasteiger partial charge in [-0.15, -0.1) is 0 Å². The average Bonchev–Trinajstić information content (AvgIpc) is 3.28. The summed E-state index contributed by atoms with van der Waals surface area (Å²) in [6.45, 7) is 2.21. The van der Waals surface area contributed by atoms with Gasteiger partial charge in [0.05, 0.1) is 18.4 Å². The zero-order valence-corrected chi connectivity index (χ0v) is 15.5. The molecule has 0 atom stereocenters. The van der Waals surface area contributed by atoms with Crippen LogP contribution in [0, 0.1) is 0 Å². The molecule has 2 heterocycles. The Morgan fingerprint density at radius 3 is 2.43 bits per heavy atom. The summed E-state index contributed by atoms with van der Waals surface area (Å²) in [6, 6.07) is 22.7. The highest BCUT2D eigenvalue weighted by atomic mass is 15.3. The maximum atomic E-state index is 4.59. The van der Waals surface area contributed by atoms with Crippen LogP contribution in [0.5, 0.6) is 0 Å². The Kier molecular flexibility index (Phi) is 5.58. The number of benzene rings is 2. The van der Waals surface area contributed by atoms with Gasteiger partial charge >= 0.3 is 0 Å². The number of hydrogen-bond donors (Lipinski definition) is 2. The first-order chi connectivity index (χ1) is 13.9. The molecule has 0 aliphatic heterocycles. The second-order valence-electron chi connectivity index (χ2n) is 6.41. The summed E-state index contributed by atoms with van der Waals surface area (Å²) in [7, 11) is 0. The van der Waals surface area contributed by atoms with E-state index in [4.69, 9.17) is 0 Å². The van der Waals surface area contributed by atoms with Gasteiger partial charge in [0.1, 0.15) is 18.5 Å². The van der Waals surface area contributed by atoms with Gasteiger partial charge in [-0.25, -0.2) is 9.97 Å². The normalized spacial score (nSPS) is 10.6. The molecular formula is C22H22N6. The molecule has 28 heavy (non-hydrogen) atoms. The fourth-order valence-corrected chi connectivity index (χ4v) is 2.99. The van der Waals surface area contributed by atoms with Crippen molar-refractivity contribution in [1.82, 2.24) is 19.7 Å². The number of pyridine rings is 1. The second-order valence-corrected chi connectivity index (χ2v) is 6.41. The minimum absolute atomic E-state index is 0.737. The number of anilines is 2. The molecule has 0 saturated heterocycles. The van der Waals surface area contributed by atoms with Crippen molar-refractivity contribution in [2.45, 2.75) is 13.1 Å². The Bertz CT molecular complexity index is 984. The Morgan fingerprint density at radius 1 is 0.893 bits per heavy atom. The Labute approximate surface area is 164 Å². The lowest BCUT2D eigenvalue weighted by Gasteiger charge is -2.14. The molecule has 2 aromatic carbocycles. The SMILES string of the molecule is c1ccc(CNc2cc(-c3ccccc3)c(NCCn3cncn3)cn2)cc1. The fraction of sp³-hybridized carbons (Fsp3) is 0.136. The van der Waals surface area contributed by atoms with Gasteiger partial charge in [-0.05, 0) is 17.2 Å². The molecule has 4 aromatic rings. The molecule has 0 spiro atoms. The highest BCUT2D eigenvalue weighted by Crippen LogP contribution is 2.29. The first-order valence-electron chi connectivity index (χ1n) is 9.28. The first kappa shape index (κ1) is 17.7. The summed E-state index contributed by atoms with van der Waals surface area (Å²) in [5.74, 6) is 0.851. The van der Waals surface area contributed by atoms with Gasteiger partial charge in [0.25, 0.3) is 0 Å². The molecule has 0 aliphatic rings. The lowest BCUT2D eigenvalue weighted by Crippen LogP contribution is -2.12. The molecule has 0 aliphatic carbocycles. The van der Waals surface area contributed by atoms with Gasteiger partial charge in [0, 0.05) is 18.7 Å². The fourth-order valence-electron chi connectivity index (χ4n) is 2.99. The van der Waals surface area contributed by atoms with Gasteiger partial charge in [-0.1, -0.05) is 60.7 Å². The predicted octanol–water partition coefficient (Wildman–Crippen LogP) is 4.06. The quantitative estimate of drug-likeness (QED) is 0.489. The van der Waals surface area contributed by atoms with E-state index in [9.17, 15) is 0 Å². The first-order valence-corrected chi connectivity index (χ1v) is 9.28. The molecule has 0 amide bonds. The summed E-state index contributed by atoms with van der Waals surface area (Å²) >= 11 is 0. The van der Waals surface area contributed by atoms with E-state index in [1.165, 1.54) is 5.56 Å². The number of hydrogen-bond acceptors (Lipinski definition) is 5. The van der Waals surface area contributed by atoms with Crippen LogP contribution < -0.4 is 10.6 Å². The van der Waals surface area contributed by atoms with Gasteiger partial charge < -0.3 is 10.6 Å². The van der Waals surface area contributed by atoms with E-state index >= 15 is 0 Å². The Morgan fingerprint density at radius 2 is 1.68 bits per heavy atom. The Balaban J connectivity index is 1.51. The van der Waals surface area contributed by atoms with E-state index in [1.54, 1.807) is 17.3 Å². The van der Waals surface area contributed by atoms with E-state index in [0.717, 1.165) is 42.3 Å². The number of rotatable bonds is 8. The molecule has 2 N–H and O–H groups in total. The van der Waals surface area contributed by atoms with E-state index < -0.39 is 0 Å². The molecule has 0 bridgehead atoms. The van der Waals surface area contributed by atoms with Crippen molar-refractivity contribution >= 4 is 11.5 Å². The van der Waals surface area contributed by atoms with E-state index in [1.807, 2.05) is 42.6 Å². The van der Waals surface area contributed by atoms with Gasteiger partial charge in [0.2, 0.25) is 0 Å². The average molecular weight is 370 g/mol. The van der Waals surface area contributed by atoms with Crippen LogP contribution in [0.4, 0.5) is 11.5 Å². The van der Waals surface area contributed by atoms with Crippen molar-refractivity contribution in [3.05, 3.63) is 91.1 Å². The topological polar surface area (TPSA) is 67.7 Å². The third-order valence-electron chi connectivity index (χ3n) is 4.43. The maximum Gasteiger partial charge on any atom is 0.137 e. The van der Waals surface area contributed by atoms with E-state index in [-0.39, 0.29) is 0 Å². The van der Waals surface area contributed by atoms with Gasteiger partial charge in [-0.2, -0.15) is 5.10 Å². The second kappa shape index (κ2) is 8.81. The van der Waals surface area contributed by atoms with Crippen LogP contribution in [0.1, 0.15) is 5.56 Å². The number of nitrogens with one attached hydrogen (secondary N) is 2. The standard InChI is InChI=1S/C22H22N6/c1-3-7-18(8-4-1)14-25-22-13-20(19-9-5-2-6-10-19)21(15-26-22)24-11-12-28-17-23-16-27-28/h1-10,13,15-17,24H,11-12,14H2,(H,25,26). The molecule has 0 saturated carbocycles. The molecule has 0 fully saturated rings. The largest absolute Gasteiger partial charge is 0.381 e. The molecule has 0 unspecified atom stereocenters. The third-order valence-corrected chi connectivity index (χ3v) is 4.43. The van der Waals surface area contributed by atoms with E-state index in [0.29, 0.717) is 0 Å². The molecule has 2 aromatic heterocycles. The minimum atomic E-state index is 0.737. The lowest BCUT2D eigenvalue weighted by molar-refractivity contribution is 0.636. The molecule has 4 rings (SSSR count). The summed E-state index contributed by atoms with van der Waals surface area (Å²) in [5.41, 5.74) is 4.48. The van der Waals surface area contributed by atoms with Crippen LogP contribution in [-0.2, 0) is 13.1 Å². The molecule has 140 valence electrons. The summed E-state index contributed by atoms with van der Waals surface area (Å²) in [6.07, 6.45) is 5.15. The van der Waals surface area contributed by atoms with Crippen molar-refractivity contribution in [3.8, 4) is 11.1 Å². The predicted molar refractivity (Wildman–Crippen MR) is 112 cm³/mol. The lowest BCUT2D eigenvalue weighted by atomic mass is 10.1. The monoisotopic (exact) mass is 370 g/mol. The zero-order valence-electron chi connectivity index (χ0n) is 15.5. The van der Waals surface area contributed by atoms with Gasteiger partial charge in [0.15, 0.2) is 0 Å². The third kappa shape index (κ3) is 4.54. The van der Waals surface area contributed by atoms with Crippen molar-refractivity contribution in [3.63, 3.8) is 0 Å². The maximum absolute atomic E-state index is 4.59. The molecule has 6 heteroatoms. The van der Waals surface area contributed by atoms with Crippen LogP contribution in [0.3, 0.4) is 0 Å². The van der Waals surface area contributed by atoms with Crippen LogP contribution in [0.25, 0.3) is 11.1 Å². The van der Waals surface area contributed by atoms with Gasteiger partial charge in [-0.3, -0.25) is 4.68 Å². The Hall–Kier alpha value is -3.67. The van der Waals surface area contributed by atoms with Crippen LogP contribution in [0.2, 0.25) is 0 Å². The number of aromatic nitrogens is 4. The highest BCUT2D eigenvalue weighted by molar-refractivity contribution is 5.79. The zero-order chi connectivity index (χ0) is 19.0. The number of nitrogens with zero attached hydrogens (tertiary/aromatic N) is 4. The van der Waals surface area contributed by atoms with Crippen molar-refractivity contribution < 1.29 is 0 Å². The molecule has 0 radical (unpaired) electrons. The minimum Gasteiger partial charge on any atom is -0.381 e. The molecular weight excluding hydrogens is 348 g/mol. The van der Waals surface area contributed by atoms with Crippen LogP contribution in [0.15, 0.2) is 85.6 Å².